The van der Waals surface area contributed by atoms with Crippen LogP contribution < -0.4 is 5.32 Å². The fourth-order valence-corrected chi connectivity index (χ4v) is 2.29. The normalized spacial score (nSPS) is 11.1. The molecule has 2 aromatic carbocycles. The summed E-state index contributed by atoms with van der Waals surface area (Å²) >= 11 is 0. The third-order valence-corrected chi connectivity index (χ3v) is 4.25. The predicted molar refractivity (Wildman–Crippen MR) is 91.0 cm³/mol. The van der Waals surface area contributed by atoms with Gasteiger partial charge in [-0.25, -0.2) is 0 Å². The number of aryl methyl sites for hydroxylation is 1. The van der Waals surface area contributed by atoms with Gasteiger partial charge in [0.05, 0.1) is 5.41 Å². The van der Waals surface area contributed by atoms with Gasteiger partial charge in [0.25, 0.3) is 5.91 Å². The first-order valence-electron chi connectivity index (χ1n) is 7.45. The van der Waals surface area contributed by atoms with Gasteiger partial charge >= 0.3 is 5.97 Å². The second-order valence-corrected chi connectivity index (χ2v) is 6.21. The minimum absolute atomic E-state index is 0.170. The predicted octanol–water partition coefficient (Wildman–Crippen LogP) is 3.92. The Morgan fingerprint density at radius 2 is 1.61 bits per heavy atom. The molecule has 0 saturated carbocycles. The molecule has 2 rings (SSSR count). The van der Waals surface area contributed by atoms with Crippen molar-refractivity contribution in [1.29, 1.82) is 0 Å². The van der Waals surface area contributed by atoms with Gasteiger partial charge in [0.1, 0.15) is 0 Å². The molecule has 4 heteroatoms. The average Bonchev–Trinajstić information content (AvgIpc) is 2.50. The van der Waals surface area contributed by atoms with E-state index in [1.165, 1.54) is 0 Å². The molecule has 2 aromatic rings. The zero-order valence-electron chi connectivity index (χ0n) is 13.8. The van der Waals surface area contributed by atoms with E-state index >= 15 is 0 Å². The first kappa shape index (κ1) is 16.7. The van der Waals surface area contributed by atoms with Crippen molar-refractivity contribution in [2.24, 2.45) is 0 Å². The van der Waals surface area contributed by atoms with Crippen LogP contribution in [-0.4, -0.2) is 17.0 Å². The summed E-state index contributed by atoms with van der Waals surface area (Å²) in [6.45, 7) is 7.19. The second kappa shape index (κ2) is 6.24. The molecule has 0 atom stereocenters. The summed E-state index contributed by atoms with van der Waals surface area (Å²) in [5, 5.41) is 12.1. The van der Waals surface area contributed by atoms with Gasteiger partial charge in [-0.1, -0.05) is 24.3 Å². The van der Waals surface area contributed by atoms with Crippen LogP contribution >= 0.6 is 0 Å². The number of nitrogens with one attached hydrogen (secondary N) is 1. The van der Waals surface area contributed by atoms with Crippen molar-refractivity contribution < 1.29 is 14.7 Å². The van der Waals surface area contributed by atoms with Crippen molar-refractivity contribution in [3.8, 4) is 0 Å². The molecule has 0 saturated heterocycles. The molecule has 4 nitrogen and oxygen atoms in total. The van der Waals surface area contributed by atoms with Crippen LogP contribution in [0.4, 0.5) is 5.69 Å². The number of carboxylic acids is 1. The van der Waals surface area contributed by atoms with Crippen molar-refractivity contribution >= 4 is 17.6 Å². The third kappa shape index (κ3) is 3.42. The minimum Gasteiger partial charge on any atom is -0.481 e. The highest BCUT2D eigenvalue weighted by Crippen LogP contribution is 2.25. The van der Waals surface area contributed by atoms with Crippen LogP contribution in [0.3, 0.4) is 0 Å². The molecule has 0 spiro atoms. The van der Waals surface area contributed by atoms with E-state index in [-0.39, 0.29) is 5.91 Å². The third-order valence-electron chi connectivity index (χ3n) is 4.25. The standard InChI is InChI=1S/C19H21NO3/c1-12-6-5-7-16(13(12)2)17(21)20-15-10-8-14(9-11-15)19(3,4)18(22)23/h5-11H,1-4H3,(H,20,21)(H,22,23). The zero-order valence-corrected chi connectivity index (χ0v) is 13.8. The van der Waals surface area contributed by atoms with Crippen LogP contribution in [0.15, 0.2) is 42.5 Å². The summed E-state index contributed by atoms with van der Waals surface area (Å²) < 4.78 is 0. The number of anilines is 1. The fraction of sp³-hybridized carbons (Fsp3) is 0.263. The largest absolute Gasteiger partial charge is 0.481 e. The first-order chi connectivity index (χ1) is 10.7. The summed E-state index contributed by atoms with van der Waals surface area (Å²) in [5.74, 6) is -1.05. The van der Waals surface area contributed by atoms with Gasteiger partial charge in [-0.3, -0.25) is 9.59 Å². The molecule has 0 aromatic heterocycles. The van der Waals surface area contributed by atoms with Gasteiger partial charge in [0.2, 0.25) is 0 Å². The number of amides is 1. The Kier molecular flexibility index (Phi) is 4.55. The van der Waals surface area contributed by atoms with Gasteiger partial charge in [-0.2, -0.15) is 0 Å². The van der Waals surface area contributed by atoms with Crippen molar-refractivity contribution in [3.63, 3.8) is 0 Å². The maximum Gasteiger partial charge on any atom is 0.313 e. The quantitative estimate of drug-likeness (QED) is 0.899. The van der Waals surface area contributed by atoms with E-state index in [0.29, 0.717) is 16.8 Å². The van der Waals surface area contributed by atoms with Crippen molar-refractivity contribution in [2.75, 3.05) is 5.32 Å². The first-order valence-corrected chi connectivity index (χ1v) is 7.45. The number of benzene rings is 2. The Morgan fingerprint density at radius 3 is 2.17 bits per heavy atom. The lowest BCUT2D eigenvalue weighted by Gasteiger charge is -2.20. The molecule has 120 valence electrons. The second-order valence-electron chi connectivity index (χ2n) is 6.21. The Morgan fingerprint density at radius 1 is 1.00 bits per heavy atom. The van der Waals surface area contributed by atoms with Gasteiger partial charge in [-0.15, -0.1) is 0 Å². The van der Waals surface area contributed by atoms with E-state index in [4.69, 9.17) is 0 Å². The molecular formula is C19H21NO3. The number of carbonyl (C=O) groups excluding carboxylic acids is 1. The van der Waals surface area contributed by atoms with E-state index < -0.39 is 11.4 Å². The van der Waals surface area contributed by atoms with Crippen LogP contribution in [0.25, 0.3) is 0 Å². The number of hydrogen-bond donors (Lipinski definition) is 2. The smallest absolute Gasteiger partial charge is 0.313 e. The summed E-state index contributed by atoms with van der Waals surface area (Å²) in [6.07, 6.45) is 0. The van der Waals surface area contributed by atoms with Crippen LogP contribution in [-0.2, 0) is 10.2 Å². The van der Waals surface area contributed by atoms with Crippen LogP contribution in [0, 0.1) is 13.8 Å². The van der Waals surface area contributed by atoms with E-state index in [9.17, 15) is 14.7 Å². The Labute approximate surface area is 136 Å². The van der Waals surface area contributed by atoms with E-state index in [2.05, 4.69) is 5.32 Å². The summed E-state index contributed by atoms with van der Waals surface area (Å²) in [5.41, 5.74) is 3.02. The number of aliphatic carboxylic acids is 1. The molecule has 23 heavy (non-hydrogen) atoms. The zero-order chi connectivity index (χ0) is 17.2. The van der Waals surface area contributed by atoms with Crippen molar-refractivity contribution in [3.05, 3.63) is 64.7 Å². The number of carbonyl (C=O) groups is 2. The molecule has 0 aliphatic heterocycles. The SMILES string of the molecule is Cc1cccc(C(=O)Nc2ccc(C(C)(C)C(=O)O)cc2)c1C. The molecular weight excluding hydrogens is 290 g/mol. The van der Waals surface area contributed by atoms with Crippen LogP contribution in [0.2, 0.25) is 0 Å². The van der Waals surface area contributed by atoms with Crippen molar-refractivity contribution in [2.45, 2.75) is 33.1 Å². The topological polar surface area (TPSA) is 66.4 Å². The lowest BCUT2D eigenvalue weighted by Crippen LogP contribution is -2.28. The molecule has 0 bridgehead atoms. The molecule has 1 amide bonds. The number of rotatable bonds is 4. The molecule has 2 N–H and O–H groups in total. The summed E-state index contributed by atoms with van der Waals surface area (Å²) in [7, 11) is 0. The lowest BCUT2D eigenvalue weighted by atomic mass is 9.85. The summed E-state index contributed by atoms with van der Waals surface area (Å²) in [4.78, 5) is 23.6. The fourth-order valence-electron chi connectivity index (χ4n) is 2.29. The highest BCUT2D eigenvalue weighted by Gasteiger charge is 2.29. The highest BCUT2D eigenvalue weighted by molar-refractivity contribution is 6.05. The maximum atomic E-state index is 12.4. The van der Waals surface area contributed by atoms with Crippen LogP contribution in [0.1, 0.15) is 40.9 Å². The maximum absolute atomic E-state index is 12.4. The van der Waals surface area contributed by atoms with Gasteiger partial charge in [0.15, 0.2) is 0 Å². The van der Waals surface area contributed by atoms with Crippen molar-refractivity contribution in [1.82, 2.24) is 0 Å². The number of hydrogen-bond acceptors (Lipinski definition) is 2. The molecule has 0 heterocycles. The monoisotopic (exact) mass is 311 g/mol. The summed E-state index contributed by atoms with van der Waals surface area (Å²) in [6, 6.07) is 12.5. The van der Waals surface area contributed by atoms with Gasteiger partial charge in [0, 0.05) is 11.3 Å². The van der Waals surface area contributed by atoms with Gasteiger partial charge < -0.3 is 10.4 Å². The molecule has 0 unspecified atom stereocenters. The lowest BCUT2D eigenvalue weighted by molar-refractivity contribution is -0.142. The highest BCUT2D eigenvalue weighted by atomic mass is 16.4. The Balaban J connectivity index is 2.20. The molecule has 0 fully saturated rings. The van der Waals surface area contributed by atoms with E-state index in [1.807, 2.05) is 26.0 Å². The van der Waals surface area contributed by atoms with E-state index in [1.54, 1.807) is 44.2 Å². The molecule has 0 aliphatic carbocycles. The van der Waals surface area contributed by atoms with Gasteiger partial charge in [-0.05, 0) is 62.6 Å². The van der Waals surface area contributed by atoms with Crippen LogP contribution in [0.5, 0.6) is 0 Å². The Bertz CT molecular complexity index is 746. The molecule has 0 aliphatic rings. The minimum atomic E-state index is -0.963. The average molecular weight is 311 g/mol. The van der Waals surface area contributed by atoms with E-state index in [0.717, 1.165) is 11.1 Å². The molecule has 0 radical (unpaired) electrons. The number of carboxylic acid groups (broad SMARTS) is 1. The Hall–Kier alpha value is -2.62.